The molecule has 0 radical (unpaired) electrons. The molecule has 0 unspecified atom stereocenters. The van der Waals surface area contributed by atoms with Gasteiger partial charge in [0.1, 0.15) is 6.07 Å². The molecule has 1 aromatic rings. The van der Waals surface area contributed by atoms with Gasteiger partial charge in [-0.3, -0.25) is 0 Å². The highest BCUT2D eigenvalue weighted by atomic mass is 32.1. The fourth-order valence-electron chi connectivity index (χ4n) is 1.53. The average molecular weight is 165 g/mol. The third kappa shape index (κ3) is 1.04. The molecular formula is C8H9N2S+. The minimum absolute atomic E-state index is 0.520. The van der Waals surface area contributed by atoms with Crippen molar-refractivity contribution in [2.45, 2.75) is 25.8 Å². The number of thiazole rings is 1. The van der Waals surface area contributed by atoms with Crippen LogP contribution in [0.15, 0.2) is 5.51 Å². The van der Waals surface area contributed by atoms with Crippen LogP contribution in [0.2, 0.25) is 0 Å². The summed E-state index contributed by atoms with van der Waals surface area (Å²) in [6.07, 6.45) is 3.66. The van der Waals surface area contributed by atoms with Gasteiger partial charge in [-0.1, -0.05) is 11.3 Å². The van der Waals surface area contributed by atoms with Gasteiger partial charge in [-0.25, -0.2) is 0 Å². The van der Waals surface area contributed by atoms with Gasteiger partial charge in [0.15, 0.2) is 5.69 Å². The Kier molecular flexibility index (Phi) is 1.63. The van der Waals surface area contributed by atoms with Crippen LogP contribution in [0.3, 0.4) is 0 Å². The van der Waals surface area contributed by atoms with E-state index in [9.17, 15) is 0 Å². The molecule has 56 valence electrons. The predicted molar refractivity (Wildman–Crippen MR) is 42.2 cm³/mol. The van der Waals surface area contributed by atoms with E-state index >= 15 is 0 Å². The molecule has 0 aromatic carbocycles. The highest BCUT2D eigenvalue weighted by Gasteiger charge is 2.23. The quantitative estimate of drug-likeness (QED) is 0.571. The van der Waals surface area contributed by atoms with Crippen LogP contribution in [0.25, 0.3) is 0 Å². The Bertz CT molecular complexity index is 308. The number of nitrogens with zero attached hydrogens (tertiary/aromatic N) is 2. The second-order valence-corrected chi connectivity index (χ2v) is 3.67. The summed E-state index contributed by atoms with van der Waals surface area (Å²) in [5.74, 6) is 0. The lowest BCUT2D eigenvalue weighted by atomic mass is 10.3. The summed E-state index contributed by atoms with van der Waals surface area (Å²) >= 11 is 1.79. The Morgan fingerprint density at radius 2 is 2.55 bits per heavy atom. The van der Waals surface area contributed by atoms with E-state index in [0.717, 1.165) is 0 Å². The average Bonchev–Trinajstić information content (AvgIpc) is 2.53. The summed E-state index contributed by atoms with van der Waals surface area (Å²) in [6, 6.07) is 2.17. The highest BCUT2D eigenvalue weighted by Crippen LogP contribution is 2.22. The molecule has 0 bridgehead atoms. The lowest BCUT2D eigenvalue weighted by Gasteiger charge is -1.85. The van der Waals surface area contributed by atoms with Gasteiger partial charge in [-0.2, -0.15) is 9.83 Å². The first-order chi connectivity index (χ1) is 5.42. The third-order valence-electron chi connectivity index (χ3n) is 2.05. The molecule has 2 rings (SSSR count). The van der Waals surface area contributed by atoms with Crippen LogP contribution in [0, 0.1) is 11.3 Å². The van der Waals surface area contributed by atoms with E-state index in [2.05, 4.69) is 16.1 Å². The number of hydrogen-bond donors (Lipinski definition) is 0. The Balaban J connectivity index is 2.36. The van der Waals surface area contributed by atoms with E-state index < -0.39 is 0 Å². The molecular weight excluding hydrogens is 156 g/mol. The van der Waals surface area contributed by atoms with Crippen LogP contribution in [0.4, 0.5) is 0 Å². The first-order valence-corrected chi connectivity index (χ1v) is 4.65. The van der Waals surface area contributed by atoms with Crippen molar-refractivity contribution in [3.05, 3.63) is 16.1 Å². The molecule has 0 atom stereocenters. The van der Waals surface area contributed by atoms with Crippen LogP contribution >= 0.6 is 11.3 Å². The van der Waals surface area contributed by atoms with E-state index in [-0.39, 0.29) is 0 Å². The van der Waals surface area contributed by atoms with Gasteiger partial charge in [-0.15, -0.1) is 0 Å². The molecule has 0 spiro atoms. The summed E-state index contributed by atoms with van der Waals surface area (Å²) in [6.45, 7) is 0.520. The van der Waals surface area contributed by atoms with Crippen molar-refractivity contribution in [3.8, 4) is 6.07 Å². The number of rotatable bonds is 1. The Labute approximate surface area is 69.7 Å². The third-order valence-corrected chi connectivity index (χ3v) is 3.13. The molecule has 0 fully saturated rings. The van der Waals surface area contributed by atoms with Crippen LogP contribution in [0.5, 0.6) is 0 Å². The molecule has 1 aliphatic carbocycles. The summed E-state index contributed by atoms with van der Waals surface area (Å²) in [5.41, 5.74) is 3.46. The Hall–Kier alpha value is -0.880. The number of nitriles is 1. The zero-order chi connectivity index (χ0) is 7.68. The fraction of sp³-hybridized carbons (Fsp3) is 0.500. The standard InChI is InChI=1S/C8H9N2S/c9-4-5-10-6-11-8-3-1-2-7(8)10/h6H,1-3,5H2/q+1. The molecule has 0 saturated heterocycles. The van der Waals surface area contributed by atoms with Crippen molar-refractivity contribution in [1.29, 1.82) is 5.26 Å². The second-order valence-electron chi connectivity index (χ2n) is 2.73. The van der Waals surface area contributed by atoms with Crippen molar-refractivity contribution >= 4 is 11.3 Å². The van der Waals surface area contributed by atoms with Crippen molar-refractivity contribution in [2.24, 2.45) is 0 Å². The van der Waals surface area contributed by atoms with Crippen molar-refractivity contribution in [3.63, 3.8) is 0 Å². The molecule has 11 heavy (non-hydrogen) atoms. The number of hydrogen-bond acceptors (Lipinski definition) is 2. The zero-order valence-electron chi connectivity index (χ0n) is 6.21. The minimum atomic E-state index is 0.520. The summed E-state index contributed by atoms with van der Waals surface area (Å²) < 4.78 is 2.08. The van der Waals surface area contributed by atoms with Crippen molar-refractivity contribution in [2.75, 3.05) is 0 Å². The zero-order valence-corrected chi connectivity index (χ0v) is 7.02. The molecule has 1 heterocycles. The van der Waals surface area contributed by atoms with Gasteiger partial charge in [0.05, 0.1) is 4.88 Å². The van der Waals surface area contributed by atoms with Gasteiger partial charge in [0, 0.05) is 6.42 Å². The fourth-order valence-corrected chi connectivity index (χ4v) is 2.60. The van der Waals surface area contributed by atoms with Gasteiger partial charge < -0.3 is 0 Å². The molecule has 0 amide bonds. The van der Waals surface area contributed by atoms with Crippen LogP contribution in [-0.2, 0) is 19.4 Å². The van der Waals surface area contributed by atoms with Crippen LogP contribution in [-0.4, -0.2) is 0 Å². The smallest absolute Gasteiger partial charge is 0.191 e. The van der Waals surface area contributed by atoms with Gasteiger partial charge in [-0.05, 0) is 12.8 Å². The topological polar surface area (TPSA) is 27.7 Å². The maximum Gasteiger partial charge on any atom is 0.235 e. The molecule has 1 aliphatic rings. The second kappa shape index (κ2) is 2.63. The highest BCUT2D eigenvalue weighted by molar-refractivity contribution is 7.09. The summed E-state index contributed by atoms with van der Waals surface area (Å²) in [7, 11) is 0. The van der Waals surface area contributed by atoms with Crippen LogP contribution < -0.4 is 4.57 Å². The van der Waals surface area contributed by atoms with E-state index in [1.807, 2.05) is 0 Å². The maximum atomic E-state index is 8.50. The first kappa shape index (κ1) is 6.81. The molecule has 0 N–H and O–H groups in total. The first-order valence-electron chi connectivity index (χ1n) is 3.77. The minimum Gasteiger partial charge on any atom is -0.191 e. The summed E-state index contributed by atoms with van der Waals surface area (Å²) in [4.78, 5) is 1.49. The molecule has 3 heteroatoms. The lowest BCUT2D eigenvalue weighted by Crippen LogP contribution is -2.34. The maximum absolute atomic E-state index is 8.50. The molecule has 1 aromatic heterocycles. The largest absolute Gasteiger partial charge is 0.235 e. The monoisotopic (exact) mass is 165 g/mol. The Morgan fingerprint density at radius 1 is 1.64 bits per heavy atom. The number of fused-ring (bicyclic) bond motifs is 1. The normalized spacial score (nSPS) is 14.5. The van der Waals surface area contributed by atoms with Crippen molar-refractivity contribution < 1.29 is 4.57 Å². The molecule has 0 aliphatic heterocycles. The van der Waals surface area contributed by atoms with Gasteiger partial charge >= 0.3 is 0 Å². The van der Waals surface area contributed by atoms with Crippen molar-refractivity contribution in [1.82, 2.24) is 0 Å². The van der Waals surface area contributed by atoms with Crippen LogP contribution in [0.1, 0.15) is 17.0 Å². The number of aryl methyl sites for hydroxylation is 1. The van der Waals surface area contributed by atoms with Gasteiger partial charge in [0.2, 0.25) is 12.1 Å². The van der Waals surface area contributed by atoms with E-state index in [4.69, 9.17) is 5.26 Å². The molecule has 0 saturated carbocycles. The summed E-state index contributed by atoms with van der Waals surface area (Å²) in [5, 5.41) is 8.50. The van der Waals surface area contributed by atoms with E-state index in [0.29, 0.717) is 6.54 Å². The lowest BCUT2D eigenvalue weighted by molar-refractivity contribution is -0.687. The van der Waals surface area contributed by atoms with Gasteiger partial charge in [0.25, 0.3) is 0 Å². The Morgan fingerprint density at radius 3 is 3.36 bits per heavy atom. The molecule has 2 nitrogen and oxygen atoms in total. The number of aromatic nitrogens is 1. The SMILES string of the molecule is N#CC[n+]1csc2c1CCC2. The van der Waals surface area contributed by atoms with E-state index in [1.54, 1.807) is 11.3 Å². The van der Waals surface area contributed by atoms with E-state index in [1.165, 1.54) is 29.8 Å². The predicted octanol–water partition coefficient (Wildman–Crippen LogP) is 1.05.